The number of hydrogen-bond acceptors (Lipinski definition) is 4. The van der Waals surface area contributed by atoms with Crippen LogP contribution in [0, 0.1) is 18.3 Å². The van der Waals surface area contributed by atoms with E-state index in [0.717, 1.165) is 0 Å². The van der Waals surface area contributed by atoms with E-state index < -0.39 is 5.92 Å². The lowest BCUT2D eigenvalue weighted by molar-refractivity contribution is 0.0978. The first kappa shape index (κ1) is 11.1. The average molecular weight is 226 g/mol. The number of carbonyl (C=O) groups is 1. The van der Waals surface area contributed by atoms with Crippen molar-refractivity contribution in [2.75, 3.05) is 0 Å². The number of pyridine rings is 1. The van der Waals surface area contributed by atoms with E-state index in [9.17, 15) is 4.79 Å². The molecule has 0 aromatic carbocycles. The lowest BCUT2D eigenvalue weighted by Crippen LogP contribution is -2.10. The zero-order valence-corrected chi connectivity index (χ0v) is 9.25. The predicted octanol–water partition coefficient (Wildman–Crippen LogP) is 2.47. The maximum Gasteiger partial charge on any atom is 0.187 e. The second-order valence-corrected chi connectivity index (χ2v) is 3.65. The molecule has 0 aliphatic carbocycles. The van der Waals surface area contributed by atoms with Gasteiger partial charge in [0.15, 0.2) is 5.78 Å². The highest BCUT2D eigenvalue weighted by atomic mass is 16.3. The molecule has 0 N–H and O–H groups in total. The van der Waals surface area contributed by atoms with Crippen molar-refractivity contribution in [2.24, 2.45) is 0 Å². The Morgan fingerprint density at radius 2 is 2.18 bits per heavy atom. The maximum absolute atomic E-state index is 12.1. The summed E-state index contributed by atoms with van der Waals surface area (Å²) in [7, 11) is 0. The number of hydrogen-bond donors (Lipinski definition) is 0. The summed E-state index contributed by atoms with van der Waals surface area (Å²) in [4.78, 5) is 15.9. The summed E-state index contributed by atoms with van der Waals surface area (Å²) < 4.78 is 5.07. The fraction of sp³-hybridized carbons (Fsp3) is 0.154. The number of nitrogens with zero attached hydrogens (tertiary/aromatic N) is 2. The van der Waals surface area contributed by atoms with Crippen molar-refractivity contribution >= 4 is 5.78 Å². The largest absolute Gasteiger partial charge is 0.469 e. The highest BCUT2D eigenvalue weighted by molar-refractivity contribution is 6.02. The van der Waals surface area contributed by atoms with Crippen molar-refractivity contribution in [1.82, 2.24) is 4.98 Å². The molecule has 4 nitrogen and oxygen atoms in total. The number of Topliss-reactive ketones (excluding diaryl/α,β-unsaturated/α-hetero) is 1. The zero-order chi connectivity index (χ0) is 12.3. The summed E-state index contributed by atoms with van der Waals surface area (Å²) in [6.45, 7) is 1.75. The normalized spacial score (nSPS) is 11.8. The van der Waals surface area contributed by atoms with E-state index in [1.165, 1.54) is 6.26 Å². The number of ketones is 1. The van der Waals surface area contributed by atoms with Gasteiger partial charge in [-0.15, -0.1) is 0 Å². The summed E-state index contributed by atoms with van der Waals surface area (Å²) in [5.74, 6) is -0.412. The molecular weight excluding hydrogens is 216 g/mol. The van der Waals surface area contributed by atoms with Crippen LogP contribution in [0.3, 0.4) is 0 Å². The van der Waals surface area contributed by atoms with Crippen LogP contribution in [-0.2, 0) is 0 Å². The van der Waals surface area contributed by atoms with Crippen LogP contribution >= 0.6 is 0 Å². The molecule has 0 saturated heterocycles. The van der Waals surface area contributed by atoms with Gasteiger partial charge in [-0.3, -0.25) is 9.78 Å². The van der Waals surface area contributed by atoms with Crippen LogP contribution in [0.5, 0.6) is 0 Å². The second kappa shape index (κ2) is 4.62. The lowest BCUT2D eigenvalue weighted by Gasteiger charge is -2.05. The van der Waals surface area contributed by atoms with Gasteiger partial charge in [0.2, 0.25) is 0 Å². The SMILES string of the molecule is Cc1cc(C(=O)C(C#N)c2ccncc2)co1. The average Bonchev–Trinajstić information content (AvgIpc) is 2.78. The minimum Gasteiger partial charge on any atom is -0.469 e. The standard InChI is InChI=1S/C13H10N2O2/c1-9-6-11(8-17-9)13(16)12(7-14)10-2-4-15-5-3-10/h2-6,8,12H,1H3. The minimum absolute atomic E-state index is 0.254. The zero-order valence-electron chi connectivity index (χ0n) is 9.25. The third-order valence-corrected chi connectivity index (χ3v) is 2.45. The fourth-order valence-electron chi connectivity index (χ4n) is 1.58. The monoisotopic (exact) mass is 226 g/mol. The van der Waals surface area contributed by atoms with E-state index in [4.69, 9.17) is 9.68 Å². The number of furan rings is 1. The number of aryl methyl sites for hydroxylation is 1. The lowest BCUT2D eigenvalue weighted by atomic mass is 9.94. The highest BCUT2D eigenvalue weighted by Gasteiger charge is 2.22. The van der Waals surface area contributed by atoms with E-state index >= 15 is 0 Å². The van der Waals surface area contributed by atoms with E-state index in [1.807, 2.05) is 6.07 Å². The van der Waals surface area contributed by atoms with Gasteiger partial charge < -0.3 is 4.42 Å². The first-order valence-corrected chi connectivity index (χ1v) is 5.11. The van der Waals surface area contributed by atoms with Gasteiger partial charge in [-0.2, -0.15) is 5.26 Å². The Balaban J connectivity index is 2.32. The van der Waals surface area contributed by atoms with Crippen molar-refractivity contribution < 1.29 is 9.21 Å². The Bertz CT molecular complexity index is 567. The van der Waals surface area contributed by atoms with E-state index in [-0.39, 0.29) is 5.78 Å². The quantitative estimate of drug-likeness (QED) is 0.754. The topological polar surface area (TPSA) is 66.9 Å². The molecule has 0 radical (unpaired) electrons. The molecule has 17 heavy (non-hydrogen) atoms. The molecule has 0 fully saturated rings. The van der Waals surface area contributed by atoms with Crippen LogP contribution < -0.4 is 0 Å². The van der Waals surface area contributed by atoms with Gasteiger partial charge in [-0.1, -0.05) is 0 Å². The molecule has 0 saturated carbocycles. The van der Waals surface area contributed by atoms with Gasteiger partial charge >= 0.3 is 0 Å². The smallest absolute Gasteiger partial charge is 0.187 e. The molecule has 1 unspecified atom stereocenters. The second-order valence-electron chi connectivity index (χ2n) is 3.65. The third kappa shape index (κ3) is 2.23. The van der Waals surface area contributed by atoms with Crippen molar-refractivity contribution in [3.05, 3.63) is 53.7 Å². The van der Waals surface area contributed by atoms with Crippen LogP contribution in [0.25, 0.3) is 0 Å². The van der Waals surface area contributed by atoms with Gasteiger partial charge in [-0.25, -0.2) is 0 Å². The molecule has 1 atom stereocenters. The minimum atomic E-state index is -0.810. The first-order chi connectivity index (χ1) is 8.22. The van der Waals surface area contributed by atoms with E-state index in [0.29, 0.717) is 16.9 Å². The summed E-state index contributed by atoms with van der Waals surface area (Å²) in [6.07, 6.45) is 4.50. The van der Waals surface area contributed by atoms with Crippen LogP contribution in [0.1, 0.15) is 27.6 Å². The number of rotatable bonds is 3. The summed E-state index contributed by atoms with van der Waals surface area (Å²) in [5, 5.41) is 9.10. The summed E-state index contributed by atoms with van der Waals surface area (Å²) in [5.41, 5.74) is 1.07. The fourth-order valence-corrected chi connectivity index (χ4v) is 1.58. The molecule has 0 bridgehead atoms. The third-order valence-electron chi connectivity index (χ3n) is 2.45. The Kier molecular flexibility index (Phi) is 3.01. The summed E-state index contributed by atoms with van der Waals surface area (Å²) in [6, 6.07) is 6.97. The van der Waals surface area contributed by atoms with Gasteiger partial charge in [0.1, 0.15) is 17.9 Å². The Hall–Kier alpha value is -2.41. The molecular formula is C13H10N2O2. The van der Waals surface area contributed by atoms with Gasteiger partial charge in [0, 0.05) is 12.4 Å². The molecule has 0 aliphatic rings. The van der Waals surface area contributed by atoms with Crippen molar-refractivity contribution in [2.45, 2.75) is 12.8 Å². The summed E-state index contributed by atoms with van der Waals surface area (Å²) >= 11 is 0. The Morgan fingerprint density at radius 1 is 1.47 bits per heavy atom. The molecule has 2 heterocycles. The van der Waals surface area contributed by atoms with Crippen molar-refractivity contribution in [3.8, 4) is 6.07 Å². The molecule has 2 aromatic rings. The molecule has 0 aliphatic heterocycles. The predicted molar refractivity (Wildman–Crippen MR) is 60.4 cm³/mol. The van der Waals surface area contributed by atoms with Gasteiger partial charge in [-0.05, 0) is 30.7 Å². The number of nitriles is 1. The van der Waals surface area contributed by atoms with Crippen molar-refractivity contribution in [3.63, 3.8) is 0 Å². The highest BCUT2D eigenvalue weighted by Crippen LogP contribution is 2.20. The molecule has 2 aromatic heterocycles. The van der Waals surface area contributed by atoms with E-state index in [1.54, 1.807) is 37.5 Å². The molecule has 84 valence electrons. The molecule has 0 spiro atoms. The molecule has 0 amide bonds. The van der Waals surface area contributed by atoms with Crippen molar-refractivity contribution in [1.29, 1.82) is 5.26 Å². The molecule has 2 rings (SSSR count). The Labute approximate surface area is 98.5 Å². The van der Waals surface area contributed by atoms with Gasteiger partial charge in [0.05, 0.1) is 11.6 Å². The van der Waals surface area contributed by atoms with Gasteiger partial charge in [0.25, 0.3) is 0 Å². The first-order valence-electron chi connectivity index (χ1n) is 5.11. The van der Waals surface area contributed by atoms with Crippen LogP contribution in [0.4, 0.5) is 0 Å². The van der Waals surface area contributed by atoms with Crippen LogP contribution in [0.15, 0.2) is 41.3 Å². The van der Waals surface area contributed by atoms with E-state index in [2.05, 4.69) is 4.98 Å². The Morgan fingerprint density at radius 3 is 2.71 bits per heavy atom. The van der Waals surface area contributed by atoms with Crippen LogP contribution in [0.2, 0.25) is 0 Å². The number of aromatic nitrogens is 1. The maximum atomic E-state index is 12.1. The number of carbonyl (C=O) groups excluding carboxylic acids is 1. The molecule has 4 heteroatoms. The van der Waals surface area contributed by atoms with Crippen LogP contribution in [-0.4, -0.2) is 10.8 Å².